The first-order chi connectivity index (χ1) is 14.9. The third kappa shape index (κ3) is 6.50. The van der Waals surface area contributed by atoms with Crippen molar-refractivity contribution in [3.63, 3.8) is 0 Å². The summed E-state index contributed by atoms with van der Waals surface area (Å²) in [5.41, 5.74) is 1.42. The van der Waals surface area contributed by atoms with Gasteiger partial charge in [0.15, 0.2) is 0 Å². The van der Waals surface area contributed by atoms with Gasteiger partial charge in [0.2, 0.25) is 5.91 Å². The topological polar surface area (TPSA) is 88.1 Å². The molecule has 1 aliphatic rings. The first-order valence-electron chi connectivity index (χ1n) is 10.2. The van der Waals surface area contributed by atoms with Crippen LogP contribution in [0.1, 0.15) is 30.6 Å². The molecule has 0 radical (unpaired) electrons. The summed E-state index contributed by atoms with van der Waals surface area (Å²) in [6.07, 6.45) is -1.19. The predicted octanol–water partition coefficient (Wildman–Crippen LogP) is 2.79. The molecule has 8 heteroatoms. The van der Waals surface area contributed by atoms with Crippen LogP contribution in [-0.2, 0) is 20.9 Å². The summed E-state index contributed by atoms with van der Waals surface area (Å²) < 4.78 is 23.8. The molecule has 0 bridgehead atoms. The van der Waals surface area contributed by atoms with Gasteiger partial charge in [-0.15, -0.1) is 0 Å². The minimum atomic E-state index is -0.856. The lowest BCUT2D eigenvalue weighted by molar-refractivity contribution is -0.132. The largest absolute Gasteiger partial charge is 0.445 e. The Morgan fingerprint density at radius 1 is 1.23 bits per heavy atom. The molecule has 2 amide bonds. The van der Waals surface area contributed by atoms with Crippen molar-refractivity contribution < 1.29 is 28.6 Å². The number of carbonyl (C=O) groups excluding carboxylic acids is 2. The SMILES string of the molecule is CC(CC(O)c1ccc(F)cc1)NC(=O)C1COCCN1C(=O)OCc1ccccc1. The number of hydrogen-bond donors (Lipinski definition) is 2. The maximum absolute atomic E-state index is 13.1. The molecule has 0 aromatic heterocycles. The number of aliphatic hydroxyl groups is 1. The van der Waals surface area contributed by atoms with Gasteiger partial charge < -0.3 is 19.9 Å². The zero-order valence-corrected chi connectivity index (χ0v) is 17.4. The number of benzene rings is 2. The van der Waals surface area contributed by atoms with Crippen LogP contribution in [0.2, 0.25) is 0 Å². The molecule has 31 heavy (non-hydrogen) atoms. The number of rotatable bonds is 7. The molecule has 1 fully saturated rings. The minimum Gasteiger partial charge on any atom is -0.445 e. The van der Waals surface area contributed by atoms with Crippen molar-refractivity contribution in [2.24, 2.45) is 0 Å². The molecule has 2 aromatic carbocycles. The van der Waals surface area contributed by atoms with Crippen LogP contribution < -0.4 is 5.32 Å². The smallest absolute Gasteiger partial charge is 0.410 e. The Kier molecular flexibility index (Phi) is 7.97. The van der Waals surface area contributed by atoms with Crippen LogP contribution in [0.4, 0.5) is 9.18 Å². The number of ether oxygens (including phenoxy) is 2. The number of halogens is 1. The van der Waals surface area contributed by atoms with E-state index in [-0.39, 0.29) is 43.9 Å². The molecule has 2 N–H and O–H groups in total. The summed E-state index contributed by atoms with van der Waals surface area (Å²) in [5.74, 6) is -0.760. The zero-order valence-electron chi connectivity index (χ0n) is 17.4. The second-order valence-corrected chi connectivity index (χ2v) is 7.54. The summed E-state index contributed by atoms with van der Waals surface area (Å²) in [4.78, 5) is 26.7. The summed E-state index contributed by atoms with van der Waals surface area (Å²) in [7, 11) is 0. The fourth-order valence-electron chi connectivity index (χ4n) is 3.40. The fourth-order valence-corrected chi connectivity index (χ4v) is 3.40. The molecule has 166 valence electrons. The minimum absolute atomic E-state index is 0.0690. The van der Waals surface area contributed by atoms with Gasteiger partial charge in [-0.2, -0.15) is 0 Å². The number of aliphatic hydroxyl groups excluding tert-OH is 1. The Morgan fingerprint density at radius 3 is 2.65 bits per heavy atom. The fraction of sp³-hybridized carbons (Fsp3) is 0.391. The lowest BCUT2D eigenvalue weighted by atomic mass is 10.0. The third-order valence-electron chi connectivity index (χ3n) is 5.09. The van der Waals surface area contributed by atoms with Crippen molar-refractivity contribution >= 4 is 12.0 Å². The van der Waals surface area contributed by atoms with E-state index in [0.29, 0.717) is 12.2 Å². The number of nitrogens with zero attached hydrogens (tertiary/aromatic N) is 1. The first-order valence-corrected chi connectivity index (χ1v) is 10.2. The van der Waals surface area contributed by atoms with E-state index >= 15 is 0 Å². The van der Waals surface area contributed by atoms with Gasteiger partial charge in [-0.3, -0.25) is 9.69 Å². The molecule has 1 aliphatic heterocycles. The lowest BCUT2D eigenvalue weighted by Gasteiger charge is -2.34. The average Bonchev–Trinajstić information content (AvgIpc) is 2.78. The van der Waals surface area contributed by atoms with Crippen molar-refractivity contribution in [2.45, 2.75) is 38.1 Å². The molecule has 2 aromatic rings. The molecule has 0 aliphatic carbocycles. The highest BCUT2D eigenvalue weighted by atomic mass is 19.1. The van der Waals surface area contributed by atoms with E-state index in [0.717, 1.165) is 5.56 Å². The number of nitrogens with one attached hydrogen (secondary N) is 1. The summed E-state index contributed by atoms with van der Waals surface area (Å²) in [5, 5.41) is 13.2. The van der Waals surface area contributed by atoms with E-state index in [1.807, 2.05) is 30.3 Å². The number of amides is 2. The summed E-state index contributed by atoms with van der Waals surface area (Å²) in [6, 6.07) is 13.7. The van der Waals surface area contributed by atoms with Gasteiger partial charge in [-0.05, 0) is 36.6 Å². The van der Waals surface area contributed by atoms with Crippen LogP contribution in [0.15, 0.2) is 54.6 Å². The Morgan fingerprint density at radius 2 is 1.94 bits per heavy atom. The maximum Gasteiger partial charge on any atom is 0.410 e. The van der Waals surface area contributed by atoms with E-state index in [1.165, 1.54) is 29.2 Å². The normalized spacial score (nSPS) is 18.2. The van der Waals surface area contributed by atoms with Crippen LogP contribution in [0.5, 0.6) is 0 Å². The van der Waals surface area contributed by atoms with Gasteiger partial charge in [0.25, 0.3) is 0 Å². The van der Waals surface area contributed by atoms with Crippen LogP contribution >= 0.6 is 0 Å². The molecule has 1 saturated heterocycles. The average molecular weight is 430 g/mol. The van der Waals surface area contributed by atoms with Crippen molar-refractivity contribution in [1.29, 1.82) is 0 Å². The van der Waals surface area contributed by atoms with Gasteiger partial charge in [-0.1, -0.05) is 42.5 Å². The van der Waals surface area contributed by atoms with Gasteiger partial charge in [-0.25, -0.2) is 9.18 Å². The van der Waals surface area contributed by atoms with E-state index in [1.54, 1.807) is 6.92 Å². The Bertz CT molecular complexity index is 862. The zero-order chi connectivity index (χ0) is 22.2. The number of morpholine rings is 1. The first kappa shape index (κ1) is 22.7. The Balaban J connectivity index is 1.54. The molecule has 1 heterocycles. The molecular formula is C23H27FN2O5. The van der Waals surface area contributed by atoms with Crippen molar-refractivity contribution in [3.05, 3.63) is 71.5 Å². The second kappa shape index (κ2) is 10.9. The lowest BCUT2D eigenvalue weighted by Crippen LogP contribution is -2.57. The van der Waals surface area contributed by atoms with Gasteiger partial charge in [0, 0.05) is 12.6 Å². The third-order valence-corrected chi connectivity index (χ3v) is 5.09. The Labute approximate surface area is 180 Å². The van der Waals surface area contributed by atoms with Crippen LogP contribution in [0, 0.1) is 5.82 Å². The van der Waals surface area contributed by atoms with Gasteiger partial charge in [0.1, 0.15) is 18.5 Å². The van der Waals surface area contributed by atoms with Crippen LogP contribution in [-0.4, -0.2) is 53.8 Å². The predicted molar refractivity (Wildman–Crippen MR) is 112 cm³/mol. The number of carbonyl (C=O) groups is 2. The van der Waals surface area contributed by atoms with E-state index < -0.39 is 18.2 Å². The van der Waals surface area contributed by atoms with Gasteiger partial charge >= 0.3 is 6.09 Å². The summed E-state index contributed by atoms with van der Waals surface area (Å²) >= 11 is 0. The van der Waals surface area contributed by atoms with E-state index in [4.69, 9.17) is 9.47 Å². The molecule has 3 rings (SSSR count). The highest BCUT2D eigenvalue weighted by molar-refractivity contribution is 5.86. The molecule has 0 spiro atoms. The standard InChI is InChI=1S/C23H27FN2O5/c1-16(13-21(27)18-7-9-19(24)10-8-18)25-22(28)20-15-30-12-11-26(20)23(29)31-14-17-5-3-2-4-6-17/h2-10,16,20-21,27H,11-15H2,1H3,(H,25,28). The quantitative estimate of drug-likeness (QED) is 0.705. The van der Waals surface area contributed by atoms with Crippen molar-refractivity contribution in [3.8, 4) is 0 Å². The van der Waals surface area contributed by atoms with E-state index in [9.17, 15) is 19.1 Å². The second-order valence-electron chi connectivity index (χ2n) is 7.54. The van der Waals surface area contributed by atoms with Crippen molar-refractivity contribution in [2.75, 3.05) is 19.8 Å². The maximum atomic E-state index is 13.1. The molecule has 7 nitrogen and oxygen atoms in total. The van der Waals surface area contributed by atoms with Crippen LogP contribution in [0.3, 0.4) is 0 Å². The number of hydrogen-bond acceptors (Lipinski definition) is 5. The highest BCUT2D eigenvalue weighted by Gasteiger charge is 2.34. The highest BCUT2D eigenvalue weighted by Crippen LogP contribution is 2.19. The van der Waals surface area contributed by atoms with Crippen LogP contribution in [0.25, 0.3) is 0 Å². The molecule has 0 saturated carbocycles. The molecule has 3 unspecified atom stereocenters. The van der Waals surface area contributed by atoms with E-state index in [2.05, 4.69) is 5.32 Å². The van der Waals surface area contributed by atoms with Gasteiger partial charge in [0.05, 0.1) is 19.3 Å². The molecule has 3 atom stereocenters. The summed E-state index contributed by atoms with van der Waals surface area (Å²) in [6.45, 7) is 2.51. The monoisotopic (exact) mass is 430 g/mol. The Hall–Kier alpha value is -2.97. The molecular weight excluding hydrogens is 403 g/mol. The van der Waals surface area contributed by atoms with Crippen molar-refractivity contribution in [1.82, 2.24) is 10.2 Å².